The van der Waals surface area contributed by atoms with Crippen LogP contribution in [0.25, 0.3) is 0 Å². The molecule has 0 aromatic heterocycles. The molecule has 0 fully saturated rings. The molecule has 0 spiro atoms. The Morgan fingerprint density at radius 3 is 2.21 bits per heavy atom. The van der Waals surface area contributed by atoms with Gasteiger partial charge in [0.2, 0.25) is 0 Å². The van der Waals surface area contributed by atoms with Gasteiger partial charge in [0.15, 0.2) is 6.54 Å². The number of aryl methyl sites for hydroxylation is 1. The summed E-state index contributed by atoms with van der Waals surface area (Å²) in [5.41, 5.74) is 4.23. The number of quaternary nitrogens is 1. The summed E-state index contributed by atoms with van der Waals surface area (Å²) in [7, 11) is 1.32. The zero-order valence-electron chi connectivity index (χ0n) is 16.6. The van der Waals surface area contributed by atoms with Crippen LogP contribution in [0.1, 0.15) is 33.1 Å². The second-order valence-electron chi connectivity index (χ2n) is 6.82. The smallest absolute Gasteiger partial charge is 0.339 e. The summed E-state index contributed by atoms with van der Waals surface area (Å²) in [5.74, 6) is -0.666. The fourth-order valence-corrected chi connectivity index (χ4v) is 3.20. The van der Waals surface area contributed by atoms with Gasteiger partial charge < -0.3 is 15.4 Å². The lowest BCUT2D eigenvalue weighted by atomic mass is 9.98. The maximum Gasteiger partial charge on any atom is 0.339 e. The summed E-state index contributed by atoms with van der Waals surface area (Å²) in [5, 5.41) is 4.82. The monoisotopic (exact) mass is 389 g/mol. The van der Waals surface area contributed by atoms with Crippen LogP contribution in [0.3, 0.4) is 0 Å². The molecule has 0 aliphatic carbocycles. The van der Waals surface area contributed by atoms with Gasteiger partial charge in [-0.1, -0.05) is 72.3 Å². The largest absolute Gasteiger partial charge is 0.465 e. The maximum atomic E-state index is 12.6. The highest BCUT2D eigenvalue weighted by atomic mass is 16.5. The molecule has 0 aliphatic rings. The van der Waals surface area contributed by atoms with E-state index in [-0.39, 0.29) is 18.5 Å². The quantitative estimate of drug-likeness (QED) is 0.610. The van der Waals surface area contributed by atoms with Gasteiger partial charge in [0.25, 0.3) is 5.91 Å². The summed E-state index contributed by atoms with van der Waals surface area (Å²) < 4.78 is 4.78. The lowest BCUT2D eigenvalue weighted by Crippen LogP contribution is -2.87. The van der Waals surface area contributed by atoms with Gasteiger partial charge in [0, 0.05) is 11.1 Å². The number of carbonyl (C=O) groups excluding carboxylic acids is 2. The molecule has 0 unspecified atom stereocenters. The van der Waals surface area contributed by atoms with E-state index < -0.39 is 5.97 Å². The summed E-state index contributed by atoms with van der Waals surface area (Å²) in [6.07, 6.45) is 0. The van der Waals surface area contributed by atoms with Crippen molar-refractivity contribution < 1.29 is 19.6 Å². The van der Waals surface area contributed by atoms with Crippen LogP contribution in [0, 0.1) is 6.92 Å². The Morgan fingerprint density at radius 1 is 0.897 bits per heavy atom. The molecular weight excluding hydrogens is 364 g/mol. The lowest BCUT2D eigenvalue weighted by Gasteiger charge is -2.17. The zero-order valence-corrected chi connectivity index (χ0v) is 16.6. The molecule has 0 saturated heterocycles. The third kappa shape index (κ3) is 5.30. The number of carbonyl (C=O) groups is 2. The second kappa shape index (κ2) is 9.66. The van der Waals surface area contributed by atoms with Crippen molar-refractivity contribution in [1.82, 2.24) is 0 Å². The van der Waals surface area contributed by atoms with Crippen LogP contribution in [0.5, 0.6) is 0 Å². The Balaban J connectivity index is 1.74. The average molecular weight is 389 g/mol. The molecule has 0 radical (unpaired) electrons. The number of rotatable bonds is 7. The van der Waals surface area contributed by atoms with E-state index in [1.807, 2.05) is 23.5 Å². The van der Waals surface area contributed by atoms with Crippen LogP contribution in [-0.2, 0) is 9.53 Å². The van der Waals surface area contributed by atoms with Crippen LogP contribution < -0.4 is 10.6 Å². The minimum absolute atomic E-state index is 0.00148. The fourth-order valence-electron chi connectivity index (χ4n) is 3.20. The molecule has 0 saturated carbocycles. The van der Waals surface area contributed by atoms with Gasteiger partial charge in [-0.2, -0.15) is 0 Å². The predicted molar refractivity (Wildman–Crippen MR) is 113 cm³/mol. The van der Waals surface area contributed by atoms with E-state index in [9.17, 15) is 9.59 Å². The number of methoxy groups -OCH3 is 1. The first-order valence-electron chi connectivity index (χ1n) is 9.50. The fraction of sp³-hybridized carbons (Fsp3) is 0.167. The third-order valence-electron chi connectivity index (χ3n) is 4.74. The Kier molecular flexibility index (Phi) is 6.76. The van der Waals surface area contributed by atoms with Gasteiger partial charge in [-0.05, 0) is 19.1 Å². The van der Waals surface area contributed by atoms with Gasteiger partial charge >= 0.3 is 5.97 Å². The number of esters is 1. The van der Waals surface area contributed by atoms with Gasteiger partial charge in [0.1, 0.15) is 6.04 Å². The molecular formula is C24H25N2O3+. The minimum atomic E-state index is -0.480. The molecule has 3 aromatic rings. The molecule has 0 aliphatic heterocycles. The molecule has 0 heterocycles. The highest BCUT2D eigenvalue weighted by molar-refractivity contribution is 6.01. The Bertz CT molecular complexity index is 969. The first-order chi connectivity index (χ1) is 14.1. The minimum Gasteiger partial charge on any atom is -0.465 e. The summed E-state index contributed by atoms with van der Waals surface area (Å²) >= 11 is 0. The number of ether oxygens (including phenoxy) is 1. The highest BCUT2D eigenvalue weighted by Crippen LogP contribution is 2.19. The lowest BCUT2D eigenvalue weighted by molar-refractivity contribution is -0.676. The van der Waals surface area contributed by atoms with Crippen molar-refractivity contribution in [3.05, 3.63) is 101 Å². The van der Waals surface area contributed by atoms with Crippen molar-refractivity contribution in [1.29, 1.82) is 0 Å². The van der Waals surface area contributed by atoms with Crippen molar-refractivity contribution in [2.24, 2.45) is 0 Å². The molecule has 5 nitrogen and oxygen atoms in total. The van der Waals surface area contributed by atoms with Crippen LogP contribution >= 0.6 is 0 Å². The van der Waals surface area contributed by atoms with Crippen molar-refractivity contribution in [3.63, 3.8) is 0 Å². The molecule has 3 aromatic carbocycles. The Morgan fingerprint density at radius 2 is 1.52 bits per heavy atom. The normalized spacial score (nSPS) is 11.5. The first-order valence-corrected chi connectivity index (χ1v) is 9.50. The van der Waals surface area contributed by atoms with E-state index in [1.54, 1.807) is 24.3 Å². The average Bonchev–Trinajstić information content (AvgIpc) is 2.75. The summed E-state index contributed by atoms with van der Waals surface area (Å²) in [6, 6.07) is 25.2. The van der Waals surface area contributed by atoms with E-state index in [0.717, 1.165) is 11.1 Å². The molecule has 29 heavy (non-hydrogen) atoms. The number of hydrogen-bond donors (Lipinski definition) is 2. The standard InChI is InChI=1S/C24H24N2O3/c1-17-12-14-19(15-13-17)23(18-8-4-3-5-9-18)25-16-22(27)26-21-11-7-6-10-20(21)24(28)29-2/h3-15,23,25H,16H2,1-2H3,(H,26,27)/p+1/t23-/m1/s1. The van der Waals surface area contributed by atoms with Crippen molar-refractivity contribution in [2.45, 2.75) is 13.0 Å². The van der Waals surface area contributed by atoms with Crippen LogP contribution in [0.2, 0.25) is 0 Å². The molecule has 3 N–H and O–H groups in total. The zero-order chi connectivity index (χ0) is 20.6. The van der Waals surface area contributed by atoms with Crippen LogP contribution in [0.15, 0.2) is 78.9 Å². The van der Waals surface area contributed by atoms with Gasteiger partial charge in [-0.25, -0.2) is 4.79 Å². The van der Waals surface area contributed by atoms with Crippen LogP contribution in [0.4, 0.5) is 5.69 Å². The number of benzene rings is 3. The number of anilines is 1. The van der Waals surface area contributed by atoms with Gasteiger partial charge in [-0.3, -0.25) is 4.79 Å². The van der Waals surface area contributed by atoms with Gasteiger partial charge in [-0.15, -0.1) is 0 Å². The Labute approximate surface area is 170 Å². The maximum absolute atomic E-state index is 12.6. The molecule has 5 heteroatoms. The van der Waals surface area contributed by atoms with Gasteiger partial charge in [0.05, 0.1) is 18.4 Å². The number of nitrogens with two attached hydrogens (primary N) is 1. The SMILES string of the molecule is COC(=O)c1ccccc1NC(=O)C[NH2+][C@H](c1ccccc1)c1ccc(C)cc1. The predicted octanol–water partition coefficient (Wildman–Crippen LogP) is 3.07. The first kappa shape index (κ1) is 20.3. The molecule has 0 bridgehead atoms. The van der Waals surface area contributed by atoms with E-state index in [4.69, 9.17) is 4.74 Å². The van der Waals surface area contributed by atoms with Crippen molar-refractivity contribution >= 4 is 17.6 Å². The number of hydrogen-bond acceptors (Lipinski definition) is 3. The number of amides is 1. The molecule has 1 amide bonds. The molecule has 3 rings (SSSR count). The number of nitrogens with one attached hydrogen (secondary N) is 1. The Hall–Kier alpha value is -3.44. The van der Waals surface area contributed by atoms with E-state index in [0.29, 0.717) is 11.3 Å². The van der Waals surface area contributed by atoms with Crippen LogP contribution in [-0.4, -0.2) is 25.5 Å². The van der Waals surface area contributed by atoms with Crippen molar-refractivity contribution in [3.8, 4) is 0 Å². The second-order valence-corrected chi connectivity index (χ2v) is 6.82. The highest BCUT2D eigenvalue weighted by Gasteiger charge is 2.20. The third-order valence-corrected chi connectivity index (χ3v) is 4.74. The topological polar surface area (TPSA) is 72.0 Å². The van der Waals surface area contributed by atoms with E-state index in [2.05, 4.69) is 48.6 Å². The molecule has 148 valence electrons. The molecule has 1 atom stereocenters. The summed E-state index contributed by atoms with van der Waals surface area (Å²) in [4.78, 5) is 24.5. The summed E-state index contributed by atoms with van der Waals surface area (Å²) in [6.45, 7) is 2.26. The van der Waals surface area contributed by atoms with Crippen molar-refractivity contribution in [2.75, 3.05) is 19.0 Å². The number of para-hydroxylation sites is 1. The van der Waals surface area contributed by atoms with E-state index in [1.165, 1.54) is 12.7 Å². The van der Waals surface area contributed by atoms with E-state index >= 15 is 0 Å².